The summed E-state index contributed by atoms with van der Waals surface area (Å²) in [6.07, 6.45) is 1.26. The molecule has 8 heteroatoms. The maximum absolute atomic E-state index is 13.6. The molecule has 0 unspecified atom stereocenters. The Morgan fingerprint density at radius 3 is 2.38 bits per heavy atom. The van der Waals surface area contributed by atoms with Crippen LogP contribution in [-0.2, 0) is 0 Å². The third-order valence-electron chi connectivity index (χ3n) is 3.45. The van der Waals surface area contributed by atoms with Gasteiger partial charge < -0.3 is 10.6 Å². The van der Waals surface area contributed by atoms with Crippen molar-refractivity contribution in [2.24, 2.45) is 0 Å². The molecule has 3 rings (SSSR count). The summed E-state index contributed by atoms with van der Waals surface area (Å²) < 4.78 is 39.7. The van der Waals surface area contributed by atoms with Gasteiger partial charge in [-0.3, -0.25) is 4.79 Å². The zero-order valence-electron chi connectivity index (χ0n) is 13.1. The van der Waals surface area contributed by atoms with Gasteiger partial charge in [-0.1, -0.05) is 23.7 Å². The van der Waals surface area contributed by atoms with Crippen LogP contribution >= 0.6 is 11.6 Å². The molecule has 132 valence electrons. The first kappa shape index (κ1) is 17.8. The van der Waals surface area contributed by atoms with Crippen LogP contribution in [0.15, 0.2) is 54.7 Å². The Bertz CT molecular complexity index is 964. The van der Waals surface area contributed by atoms with E-state index in [0.29, 0.717) is 16.5 Å². The highest BCUT2D eigenvalue weighted by Crippen LogP contribution is 2.24. The number of hydrogen-bond donors (Lipinski definition) is 2. The highest BCUT2D eigenvalue weighted by Gasteiger charge is 2.16. The second kappa shape index (κ2) is 7.45. The Morgan fingerprint density at radius 2 is 1.69 bits per heavy atom. The standard InChI is InChI=1S/C18H11ClF3N3O/c19-11-3-1-2-4-13(11)24-15-8-5-10(9-23-15)18(26)25-14-7-6-12(20)16(21)17(14)22/h1-9H,(H,23,24)(H,25,26). The average molecular weight is 378 g/mol. The summed E-state index contributed by atoms with van der Waals surface area (Å²) in [7, 11) is 0. The summed E-state index contributed by atoms with van der Waals surface area (Å²) in [6.45, 7) is 0. The molecule has 0 fully saturated rings. The number of benzene rings is 2. The summed E-state index contributed by atoms with van der Waals surface area (Å²) in [5.41, 5.74) is 0.286. The molecule has 0 saturated carbocycles. The van der Waals surface area contributed by atoms with Crippen LogP contribution in [0.4, 0.5) is 30.4 Å². The lowest BCUT2D eigenvalue weighted by molar-refractivity contribution is 0.102. The Labute approximate surface area is 151 Å². The molecule has 0 bridgehead atoms. The number of nitrogens with one attached hydrogen (secondary N) is 2. The summed E-state index contributed by atoms with van der Waals surface area (Å²) in [6, 6.07) is 11.7. The van der Waals surface area contributed by atoms with Crippen LogP contribution in [0, 0.1) is 17.5 Å². The Morgan fingerprint density at radius 1 is 0.923 bits per heavy atom. The third-order valence-corrected chi connectivity index (χ3v) is 3.78. The Kier molecular flexibility index (Phi) is 5.09. The number of anilines is 3. The molecule has 1 heterocycles. The van der Waals surface area contributed by atoms with Crippen molar-refractivity contribution in [1.29, 1.82) is 0 Å². The zero-order chi connectivity index (χ0) is 18.7. The van der Waals surface area contributed by atoms with Gasteiger partial charge in [0.25, 0.3) is 5.91 Å². The highest BCUT2D eigenvalue weighted by atomic mass is 35.5. The van der Waals surface area contributed by atoms with Gasteiger partial charge in [0.15, 0.2) is 17.5 Å². The molecule has 1 amide bonds. The minimum Gasteiger partial charge on any atom is -0.339 e. The second-order valence-corrected chi connectivity index (χ2v) is 5.62. The van der Waals surface area contributed by atoms with E-state index in [2.05, 4.69) is 15.6 Å². The number of halogens is 4. The minimum absolute atomic E-state index is 0.110. The van der Waals surface area contributed by atoms with E-state index >= 15 is 0 Å². The van der Waals surface area contributed by atoms with Crippen molar-refractivity contribution >= 4 is 34.7 Å². The maximum Gasteiger partial charge on any atom is 0.257 e. The van der Waals surface area contributed by atoms with E-state index in [1.165, 1.54) is 18.3 Å². The smallest absolute Gasteiger partial charge is 0.257 e. The molecule has 2 aromatic carbocycles. The second-order valence-electron chi connectivity index (χ2n) is 5.21. The molecule has 0 atom stereocenters. The van der Waals surface area contributed by atoms with Gasteiger partial charge >= 0.3 is 0 Å². The maximum atomic E-state index is 13.6. The van der Waals surface area contributed by atoms with E-state index in [1.807, 2.05) is 0 Å². The largest absolute Gasteiger partial charge is 0.339 e. The van der Waals surface area contributed by atoms with Gasteiger partial charge in [-0.2, -0.15) is 0 Å². The SMILES string of the molecule is O=C(Nc1ccc(F)c(F)c1F)c1ccc(Nc2ccccc2Cl)nc1. The van der Waals surface area contributed by atoms with Crippen molar-refractivity contribution in [2.45, 2.75) is 0 Å². The summed E-state index contributed by atoms with van der Waals surface area (Å²) in [5.74, 6) is -4.74. The fourth-order valence-corrected chi connectivity index (χ4v) is 2.30. The molecule has 1 aromatic heterocycles. The lowest BCUT2D eigenvalue weighted by Crippen LogP contribution is -2.14. The third kappa shape index (κ3) is 3.78. The lowest BCUT2D eigenvalue weighted by atomic mass is 10.2. The number of amides is 1. The molecule has 0 spiro atoms. The Balaban J connectivity index is 1.73. The van der Waals surface area contributed by atoms with Gasteiger partial charge in [0.05, 0.1) is 22.0 Å². The normalized spacial score (nSPS) is 10.5. The number of aromatic nitrogens is 1. The van der Waals surface area contributed by atoms with E-state index in [0.717, 1.165) is 12.1 Å². The van der Waals surface area contributed by atoms with Crippen molar-refractivity contribution < 1.29 is 18.0 Å². The number of nitrogens with zero attached hydrogens (tertiary/aromatic N) is 1. The summed E-state index contributed by atoms with van der Waals surface area (Å²) in [4.78, 5) is 16.2. The lowest BCUT2D eigenvalue weighted by Gasteiger charge is -2.09. The molecule has 0 saturated heterocycles. The molecular formula is C18H11ClF3N3O. The molecule has 4 nitrogen and oxygen atoms in total. The number of hydrogen-bond acceptors (Lipinski definition) is 3. The van der Waals surface area contributed by atoms with Crippen LogP contribution in [0.2, 0.25) is 5.02 Å². The van der Waals surface area contributed by atoms with Gasteiger partial charge in [-0.05, 0) is 36.4 Å². The monoisotopic (exact) mass is 377 g/mol. The van der Waals surface area contributed by atoms with Crippen molar-refractivity contribution in [2.75, 3.05) is 10.6 Å². The average Bonchev–Trinajstić information content (AvgIpc) is 2.64. The predicted molar refractivity (Wildman–Crippen MR) is 93.2 cm³/mol. The molecule has 0 aliphatic carbocycles. The van der Waals surface area contributed by atoms with Gasteiger partial charge in [0.2, 0.25) is 0 Å². The van der Waals surface area contributed by atoms with Gasteiger partial charge in [0, 0.05) is 6.20 Å². The van der Waals surface area contributed by atoms with Gasteiger partial charge in [-0.25, -0.2) is 18.2 Å². The number of carbonyl (C=O) groups excluding carboxylic acids is 1. The van der Waals surface area contributed by atoms with Crippen LogP contribution in [0.3, 0.4) is 0 Å². The van der Waals surface area contributed by atoms with Crippen LogP contribution in [-0.4, -0.2) is 10.9 Å². The quantitative estimate of drug-likeness (QED) is 0.618. The highest BCUT2D eigenvalue weighted by molar-refractivity contribution is 6.33. The number of pyridine rings is 1. The van der Waals surface area contributed by atoms with Crippen molar-refractivity contribution in [3.63, 3.8) is 0 Å². The fraction of sp³-hybridized carbons (Fsp3) is 0. The molecular weight excluding hydrogens is 367 g/mol. The number of carbonyl (C=O) groups is 1. The minimum atomic E-state index is -1.65. The molecule has 3 aromatic rings. The molecule has 2 N–H and O–H groups in total. The van der Waals surface area contributed by atoms with Gasteiger partial charge in [-0.15, -0.1) is 0 Å². The summed E-state index contributed by atoms with van der Waals surface area (Å²) in [5, 5.41) is 5.66. The molecule has 26 heavy (non-hydrogen) atoms. The van der Waals surface area contributed by atoms with Crippen LogP contribution in [0.5, 0.6) is 0 Å². The topological polar surface area (TPSA) is 54.0 Å². The summed E-state index contributed by atoms with van der Waals surface area (Å²) >= 11 is 6.04. The number of rotatable bonds is 4. The first-order valence-electron chi connectivity index (χ1n) is 7.38. The first-order chi connectivity index (χ1) is 12.5. The van der Waals surface area contributed by atoms with E-state index in [1.54, 1.807) is 24.3 Å². The van der Waals surface area contributed by atoms with E-state index in [-0.39, 0.29) is 5.56 Å². The van der Waals surface area contributed by atoms with Gasteiger partial charge in [0.1, 0.15) is 5.82 Å². The van der Waals surface area contributed by atoms with Crippen molar-refractivity contribution in [1.82, 2.24) is 4.98 Å². The van der Waals surface area contributed by atoms with Crippen molar-refractivity contribution in [3.05, 3.63) is 82.8 Å². The predicted octanol–water partition coefficient (Wildman–Crippen LogP) is 5.15. The first-order valence-corrected chi connectivity index (χ1v) is 7.76. The van der Waals surface area contributed by atoms with E-state index in [4.69, 9.17) is 11.6 Å². The van der Waals surface area contributed by atoms with Crippen LogP contribution < -0.4 is 10.6 Å². The van der Waals surface area contributed by atoms with E-state index < -0.39 is 29.0 Å². The zero-order valence-corrected chi connectivity index (χ0v) is 13.8. The number of para-hydroxylation sites is 1. The molecule has 0 aliphatic rings. The molecule has 0 radical (unpaired) electrons. The van der Waals surface area contributed by atoms with Crippen LogP contribution in [0.25, 0.3) is 0 Å². The van der Waals surface area contributed by atoms with Crippen molar-refractivity contribution in [3.8, 4) is 0 Å². The van der Waals surface area contributed by atoms with Crippen LogP contribution in [0.1, 0.15) is 10.4 Å². The molecule has 0 aliphatic heterocycles. The Hall–Kier alpha value is -3.06. The fourth-order valence-electron chi connectivity index (χ4n) is 2.12. The van der Waals surface area contributed by atoms with E-state index in [9.17, 15) is 18.0 Å².